The summed E-state index contributed by atoms with van der Waals surface area (Å²) in [5, 5.41) is 9.99. The Bertz CT molecular complexity index is 586. The van der Waals surface area contributed by atoms with Gasteiger partial charge in [0.1, 0.15) is 9.88 Å². The minimum absolute atomic E-state index is 0.370. The SMILES string of the molecule is O=C(O)c1sc(-c2ccc(Br)s2)nc1C1CC1. The summed E-state index contributed by atoms with van der Waals surface area (Å²) in [7, 11) is 0. The highest BCUT2D eigenvalue weighted by Crippen LogP contribution is 2.45. The van der Waals surface area contributed by atoms with Crippen LogP contribution in [0.2, 0.25) is 0 Å². The van der Waals surface area contributed by atoms with Gasteiger partial charge in [-0.25, -0.2) is 9.78 Å². The molecule has 17 heavy (non-hydrogen) atoms. The van der Waals surface area contributed by atoms with Gasteiger partial charge in [0.2, 0.25) is 0 Å². The van der Waals surface area contributed by atoms with Gasteiger partial charge in [0.05, 0.1) is 14.4 Å². The van der Waals surface area contributed by atoms with E-state index < -0.39 is 5.97 Å². The molecule has 0 aliphatic heterocycles. The van der Waals surface area contributed by atoms with Gasteiger partial charge in [-0.3, -0.25) is 0 Å². The molecule has 1 aliphatic carbocycles. The standard InChI is InChI=1S/C11H8BrNO2S2/c12-7-4-3-6(16-7)10-13-8(5-1-2-5)9(17-10)11(14)15/h3-5H,1-2H2,(H,14,15). The molecule has 0 saturated heterocycles. The smallest absolute Gasteiger partial charge is 0.347 e. The molecule has 2 heterocycles. The molecule has 0 atom stereocenters. The molecule has 0 bridgehead atoms. The number of carboxylic acid groups (broad SMARTS) is 1. The van der Waals surface area contributed by atoms with Gasteiger partial charge < -0.3 is 5.11 Å². The summed E-state index contributed by atoms with van der Waals surface area (Å²) in [6.45, 7) is 0. The first-order valence-corrected chi connectivity index (χ1v) is 7.57. The largest absolute Gasteiger partial charge is 0.477 e. The number of thiophene rings is 1. The fourth-order valence-electron chi connectivity index (χ4n) is 1.65. The number of aromatic carboxylic acids is 1. The van der Waals surface area contributed by atoms with E-state index in [1.165, 1.54) is 11.3 Å². The van der Waals surface area contributed by atoms with Crippen molar-refractivity contribution in [3.05, 3.63) is 26.5 Å². The van der Waals surface area contributed by atoms with Crippen LogP contribution in [0.1, 0.15) is 34.1 Å². The fraction of sp³-hybridized carbons (Fsp3) is 0.273. The first-order chi connectivity index (χ1) is 8.15. The summed E-state index contributed by atoms with van der Waals surface area (Å²) in [6, 6.07) is 3.93. The summed E-state index contributed by atoms with van der Waals surface area (Å²) >= 11 is 6.26. The van der Waals surface area contributed by atoms with Gasteiger partial charge in [-0.05, 0) is 40.9 Å². The second-order valence-electron chi connectivity index (χ2n) is 3.92. The van der Waals surface area contributed by atoms with E-state index in [1.54, 1.807) is 11.3 Å². The quantitative estimate of drug-likeness (QED) is 0.917. The molecule has 3 nitrogen and oxygen atoms in total. The van der Waals surface area contributed by atoms with Crippen LogP contribution in [0.3, 0.4) is 0 Å². The first kappa shape index (κ1) is 11.4. The van der Waals surface area contributed by atoms with Gasteiger partial charge in [-0.1, -0.05) is 0 Å². The number of hydrogen-bond donors (Lipinski definition) is 1. The van der Waals surface area contributed by atoms with E-state index in [0.717, 1.165) is 32.2 Å². The molecule has 6 heteroatoms. The van der Waals surface area contributed by atoms with E-state index in [-0.39, 0.29) is 0 Å². The molecule has 1 saturated carbocycles. The van der Waals surface area contributed by atoms with Gasteiger partial charge in [0, 0.05) is 5.92 Å². The van der Waals surface area contributed by atoms with E-state index in [9.17, 15) is 9.90 Å². The molecular formula is C11H8BrNO2S2. The van der Waals surface area contributed by atoms with E-state index in [1.807, 2.05) is 12.1 Å². The number of carboxylic acids is 1. The number of halogens is 1. The lowest BCUT2D eigenvalue weighted by molar-refractivity contribution is 0.0700. The minimum atomic E-state index is -0.855. The maximum absolute atomic E-state index is 11.2. The number of thiazole rings is 1. The van der Waals surface area contributed by atoms with Crippen LogP contribution in [-0.2, 0) is 0 Å². The van der Waals surface area contributed by atoms with Crippen LogP contribution in [0.5, 0.6) is 0 Å². The molecule has 2 aromatic heterocycles. The highest BCUT2D eigenvalue weighted by Gasteiger charge is 2.32. The Labute approximate surface area is 114 Å². The lowest BCUT2D eigenvalue weighted by Gasteiger charge is -1.91. The summed E-state index contributed by atoms with van der Waals surface area (Å²) < 4.78 is 1.03. The van der Waals surface area contributed by atoms with E-state index in [4.69, 9.17) is 0 Å². The van der Waals surface area contributed by atoms with Crippen LogP contribution in [0, 0.1) is 0 Å². The molecule has 1 fully saturated rings. The van der Waals surface area contributed by atoms with Crippen molar-refractivity contribution in [3.8, 4) is 9.88 Å². The van der Waals surface area contributed by atoms with Gasteiger partial charge >= 0.3 is 5.97 Å². The zero-order valence-corrected chi connectivity index (χ0v) is 11.9. The van der Waals surface area contributed by atoms with Crippen molar-refractivity contribution in [2.75, 3.05) is 0 Å². The van der Waals surface area contributed by atoms with E-state index >= 15 is 0 Å². The Morgan fingerprint density at radius 1 is 1.41 bits per heavy atom. The highest BCUT2D eigenvalue weighted by molar-refractivity contribution is 9.11. The molecule has 0 unspecified atom stereocenters. The first-order valence-electron chi connectivity index (χ1n) is 5.15. The van der Waals surface area contributed by atoms with Crippen molar-refractivity contribution < 1.29 is 9.90 Å². The van der Waals surface area contributed by atoms with Crippen molar-refractivity contribution in [2.45, 2.75) is 18.8 Å². The molecular weight excluding hydrogens is 322 g/mol. The number of nitrogens with zero attached hydrogens (tertiary/aromatic N) is 1. The van der Waals surface area contributed by atoms with Crippen LogP contribution < -0.4 is 0 Å². The highest BCUT2D eigenvalue weighted by atomic mass is 79.9. The predicted octanol–water partition coefficient (Wildman–Crippen LogP) is 4.21. The molecule has 1 aliphatic rings. The normalized spacial score (nSPS) is 15.1. The average molecular weight is 330 g/mol. The van der Waals surface area contributed by atoms with Crippen molar-refractivity contribution in [1.29, 1.82) is 0 Å². The summed E-state index contributed by atoms with van der Waals surface area (Å²) in [5.41, 5.74) is 0.780. The van der Waals surface area contributed by atoms with Crippen molar-refractivity contribution in [2.24, 2.45) is 0 Å². The number of aromatic nitrogens is 1. The second kappa shape index (κ2) is 4.19. The maximum atomic E-state index is 11.2. The van der Waals surface area contributed by atoms with Gasteiger partial charge in [0.25, 0.3) is 0 Å². The third-order valence-electron chi connectivity index (χ3n) is 2.60. The summed E-state index contributed by atoms with van der Waals surface area (Å²) in [4.78, 5) is 17.1. The Kier molecular flexibility index (Phi) is 2.80. The zero-order valence-electron chi connectivity index (χ0n) is 8.64. The van der Waals surface area contributed by atoms with Gasteiger partial charge in [-0.2, -0.15) is 0 Å². The van der Waals surface area contributed by atoms with Crippen LogP contribution in [0.4, 0.5) is 0 Å². The monoisotopic (exact) mass is 329 g/mol. The third kappa shape index (κ3) is 2.17. The Morgan fingerprint density at radius 2 is 2.18 bits per heavy atom. The maximum Gasteiger partial charge on any atom is 0.347 e. The van der Waals surface area contributed by atoms with Crippen LogP contribution in [0.15, 0.2) is 15.9 Å². The molecule has 0 amide bonds. The molecule has 88 valence electrons. The van der Waals surface area contributed by atoms with Crippen molar-refractivity contribution in [3.63, 3.8) is 0 Å². The molecule has 1 N–H and O–H groups in total. The predicted molar refractivity (Wildman–Crippen MR) is 72.1 cm³/mol. The average Bonchev–Trinajstić information content (AvgIpc) is 2.87. The number of hydrogen-bond acceptors (Lipinski definition) is 4. The van der Waals surface area contributed by atoms with Crippen molar-refractivity contribution >= 4 is 44.6 Å². The van der Waals surface area contributed by atoms with E-state index in [0.29, 0.717) is 10.8 Å². The topological polar surface area (TPSA) is 50.2 Å². The summed E-state index contributed by atoms with van der Waals surface area (Å²) in [5.74, 6) is -0.485. The van der Waals surface area contributed by atoms with Gasteiger partial charge in [0.15, 0.2) is 0 Å². The zero-order chi connectivity index (χ0) is 12.0. The minimum Gasteiger partial charge on any atom is -0.477 e. The van der Waals surface area contributed by atoms with Crippen LogP contribution in [-0.4, -0.2) is 16.1 Å². The molecule has 0 aromatic carbocycles. The number of rotatable bonds is 3. The Hall–Kier alpha value is -0.720. The van der Waals surface area contributed by atoms with Gasteiger partial charge in [-0.15, -0.1) is 22.7 Å². The number of carbonyl (C=O) groups is 1. The van der Waals surface area contributed by atoms with E-state index in [2.05, 4.69) is 20.9 Å². The Balaban J connectivity index is 2.06. The molecule has 0 radical (unpaired) electrons. The summed E-state index contributed by atoms with van der Waals surface area (Å²) in [6.07, 6.45) is 2.13. The lowest BCUT2D eigenvalue weighted by atomic mass is 10.2. The lowest BCUT2D eigenvalue weighted by Crippen LogP contribution is -1.97. The molecule has 0 spiro atoms. The van der Waals surface area contributed by atoms with Crippen molar-refractivity contribution in [1.82, 2.24) is 4.98 Å². The van der Waals surface area contributed by atoms with Crippen LogP contribution in [0.25, 0.3) is 9.88 Å². The third-order valence-corrected chi connectivity index (χ3v) is 5.45. The second-order valence-corrected chi connectivity index (χ2v) is 7.38. The Morgan fingerprint density at radius 3 is 2.71 bits per heavy atom. The fourth-order valence-corrected chi connectivity index (χ4v) is 4.08. The molecule has 2 aromatic rings. The molecule has 3 rings (SSSR count). The van der Waals surface area contributed by atoms with Crippen LogP contribution >= 0.6 is 38.6 Å².